The van der Waals surface area contributed by atoms with E-state index >= 15 is 0 Å². The van der Waals surface area contributed by atoms with Gasteiger partial charge in [-0.2, -0.15) is 0 Å². The van der Waals surface area contributed by atoms with Crippen molar-refractivity contribution in [3.63, 3.8) is 0 Å². The molecule has 0 spiro atoms. The van der Waals surface area contributed by atoms with Crippen LogP contribution >= 0.6 is 0 Å². The Morgan fingerprint density at radius 1 is 1.44 bits per heavy atom. The number of hydrogen-bond acceptors (Lipinski definition) is 3. The van der Waals surface area contributed by atoms with Crippen LogP contribution < -0.4 is 0 Å². The molecule has 0 amide bonds. The molecule has 3 nitrogen and oxygen atoms in total. The smallest absolute Gasteiger partial charge is 0.165 e. The normalized spacial score (nSPS) is 39.4. The summed E-state index contributed by atoms with van der Waals surface area (Å²) in [7, 11) is 0. The number of Topliss-reactive ketones (excluding diaryl/α,β-unsaturated/α-hetero) is 2. The van der Waals surface area contributed by atoms with Gasteiger partial charge < -0.3 is 9.53 Å². The van der Waals surface area contributed by atoms with Gasteiger partial charge in [-0.3, -0.25) is 4.79 Å². The summed E-state index contributed by atoms with van der Waals surface area (Å²) in [5.74, 6) is 0.898. The third kappa shape index (κ3) is 2.03. The van der Waals surface area contributed by atoms with E-state index < -0.39 is 5.60 Å². The van der Waals surface area contributed by atoms with Gasteiger partial charge in [-0.25, -0.2) is 0 Å². The van der Waals surface area contributed by atoms with Crippen LogP contribution in [0.5, 0.6) is 0 Å². The first-order valence-corrected chi connectivity index (χ1v) is 7.03. The maximum atomic E-state index is 12.4. The molecule has 2 fully saturated rings. The van der Waals surface area contributed by atoms with Gasteiger partial charge in [0, 0.05) is 12.8 Å². The molecule has 0 aromatic rings. The van der Waals surface area contributed by atoms with Crippen molar-refractivity contribution in [1.82, 2.24) is 0 Å². The standard InChI is InChI=1S/C15H24O3/c1-10(2)15-8-7-14(4,18-15)12(9-13(15)17)6-5-11(3)16/h10,12H,5-9H2,1-4H3/t12-,14-,15-/m1/s1. The molecule has 2 saturated heterocycles. The Labute approximate surface area is 109 Å². The zero-order chi connectivity index (χ0) is 13.6. The molecule has 0 unspecified atom stereocenters. The van der Waals surface area contributed by atoms with Crippen molar-refractivity contribution in [1.29, 1.82) is 0 Å². The quantitative estimate of drug-likeness (QED) is 0.772. The Hall–Kier alpha value is -0.700. The maximum absolute atomic E-state index is 12.4. The van der Waals surface area contributed by atoms with Crippen molar-refractivity contribution < 1.29 is 14.3 Å². The van der Waals surface area contributed by atoms with Gasteiger partial charge in [0.1, 0.15) is 11.4 Å². The maximum Gasteiger partial charge on any atom is 0.165 e. The first kappa shape index (κ1) is 13.7. The summed E-state index contributed by atoms with van der Waals surface area (Å²) in [6, 6.07) is 0. The van der Waals surface area contributed by atoms with Gasteiger partial charge >= 0.3 is 0 Å². The van der Waals surface area contributed by atoms with Crippen molar-refractivity contribution in [2.24, 2.45) is 11.8 Å². The van der Waals surface area contributed by atoms with Crippen LogP contribution in [0.15, 0.2) is 0 Å². The lowest BCUT2D eigenvalue weighted by Crippen LogP contribution is -2.53. The molecule has 0 aromatic heterocycles. The lowest BCUT2D eigenvalue weighted by atomic mass is 9.77. The molecule has 18 heavy (non-hydrogen) atoms. The second-order valence-electron chi connectivity index (χ2n) is 6.52. The van der Waals surface area contributed by atoms with Gasteiger partial charge in [-0.05, 0) is 44.9 Å². The van der Waals surface area contributed by atoms with Gasteiger partial charge in [0.25, 0.3) is 0 Å². The Bertz CT molecular complexity index is 374. The van der Waals surface area contributed by atoms with Gasteiger partial charge in [-0.1, -0.05) is 13.8 Å². The summed E-state index contributed by atoms with van der Waals surface area (Å²) >= 11 is 0. The van der Waals surface area contributed by atoms with E-state index in [1.807, 2.05) is 0 Å². The van der Waals surface area contributed by atoms with Gasteiger partial charge in [0.05, 0.1) is 5.60 Å². The summed E-state index contributed by atoms with van der Waals surface area (Å²) in [5.41, 5.74) is -0.741. The summed E-state index contributed by atoms with van der Waals surface area (Å²) in [6.45, 7) is 7.87. The molecule has 3 heteroatoms. The van der Waals surface area contributed by atoms with Gasteiger partial charge in [0.2, 0.25) is 0 Å². The molecule has 0 aliphatic carbocycles. The van der Waals surface area contributed by atoms with E-state index in [2.05, 4.69) is 20.8 Å². The highest BCUT2D eigenvalue weighted by atomic mass is 16.5. The van der Waals surface area contributed by atoms with Crippen LogP contribution in [-0.2, 0) is 14.3 Å². The van der Waals surface area contributed by atoms with Crippen LogP contribution in [0.1, 0.15) is 59.8 Å². The summed E-state index contributed by atoms with van der Waals surface area (Å²) < 4.78 is 6.23. The predicted octanol–water partition coefficient (Wildman–Crippen LogP) is 2.91. The van der Waals surface area contributed by atoms with Gasteiger partial charge in [-0.15, -0.1) is 0 Å². The first-order valence-electron chi connectivity index (χ1n) is 7.03. The van der Waals surface area contributed by atoms with Gasteiger partial charge in [0.15, 0.2) is 5.78 Å². The molecule has 2 bridgehead atoms. The molecular formula is C15H24O3. The molecule has 0 saturated carbocycles. The Balaban J connectivity index is 2.16. The van der Waals surface area contributed by atoms with Crippen molar-refractivity contribution in [3.8, 4) is 0 Å². The van der Waals surface area contributed by atoms with Crippen LogP contribution in [0, 0.1) is 11.8 Å². The fourth-order valence-corrected chi connectivity index (χ4v) is 3.56. The van der Waals surface area contributed by atoms with Crippen molar-refractivity contribution in [2.45, 2.75) is 71.0 Å². The monoisotopic (exact) mass is 252 g/mol. The second kappa shape index (κ2) is 4.44. The SMILES string of the molecule is CC(=O)CC[C@@H]1CC(=O)[C@]2(C(C)C)CC[C@@]1(C)O2. The number of fused-ring (bicyclic) bond motifs is 2. The topological polar surface area (TPSA) is 43.4 Å². The highest BCUT2D eigenvalue weighted by molar-refractivity contribution is 5.89. The molecule has 2 aliphatic heterocycles. The fraction of sp³-hybridized carbons (Fsp3) is 0.867. The number of rotatable bonds is 4. The molecule has 0 N–H and O–H groups in total. The third-order valence-electron chi connectivity index (χ3n) is 4.95. The highest BCUT2D eigenvalue weighted by Crippen LogP contribution is 2.53. The van der Waals surface area contributed by atoms with E-state index in [1.54, 1.807) is 6.92 Å². The van der Waals surface area contributed by atoms with Crippen LogP contribution in [0.3, 0.4) is 0 Å². The molecule has 3 atom stereocenters. The Morgan fingerprint density at radius 2 is 2.11 bits per heavy atom. The number of ether oxygens (including phenoxy) is 1. The van der Waals surface area contributed by atoms with E-state index in [4.69, 9.17) is 4.74 Å². The molecule has 0 aromatic carbocycles. The molecule has 0 radical (unpaired) electrons. The van der Waals surface area contributed by atoms with Crippen molar-refractivity contribution >= 4 is 11.6 Å². The molecule has 2 aliphatic rings. The minimum atomic E-state index is -0.540. The summed E-state index contributed by atoms with van der Waals surface area (Å²) in [4.78, 5) is 23.5. The van der Waals surface area contributed by atoms with E-state index in [-0.39, 0.29) is 29.0 Å². The lowest BCUT2D eigenvalue weighted by Gasteiger charge is -2.44. The number of hydrogen-bond donors (Lipinski definition) is 0. The largest absolute Gasteiger partial charge is 0.360 e. The number of carbonyl (C=O) groups excluding carboxylic acids is 2. The molecule has 2 rings (SSSR count). The number of ketones is 2. The van der Waals surface area contributed by atoms with Crippen molar-refractivity contribution in [2.75, 3.05) is 0 Å². The van der Waals surface area contributed by atoms with E-state index in [0.717, 1.165) is 19.3 Å². The van der Waals surface area contributed by atoms with E-state index in [1.165, 1.54) is 0 Å². The third-order valence-corrected chi connectivity index (χ3v) is 4.95. The molecule has 2 heterocycles. The van der Waals surface area contributed by atoms with Crippen LogP contribution in [0.4, 0.5) is 0 Å². The van der Waals surface area contributed by atoms with Crippen LogP contribution in [-0.4, -0.2) is 22.8 Å². The van der Waals surface area contributed by atoms with Crippen molar-refractivity contribution in [3.05, 3.63) is 0 Å². The lowest BCUT2D eigenvalue weighted by molar-refractivity contribution is -0.188. The predicted molar refractivity (Wildman–Crippen MR) is 69.3 cm³/mol. The highest BCUT2D eigenvalue weighted by Gasteiger charge is 2.59. The van der Waals surface area contributed by atoms with E-state index in [9.17, 15) is 9.59 Å². The van der Waals surface area contributed by atoms with E-state index in [0.29, 0.717) is 12.8 Å². The number of carbonyl (C=O) groups is 2. The average molecular weight is 252 g/mol. The Kier molecular flexibility index (Phi) is 3.39. The average Bonchev–Trinajstić information content (AvgIpc) is 2.60. The first-order chi connectivity index (χ1) is 8.30. The zero-order valence-corrected chi connectivity index (χ0v) is 11.9. The second-order valence-corrected chi connectivity index (χ2v) is 6.52. The minimum absolute atomic E-state index is 0.199. The fourth-order valence-electron chi connectivity index (χ4n) is 3.56. The summed E-state index contributed by atoms with van der Waals surface area (Å²) in [6.07, 6.45) is 3.72. The van der Waals surface area contributed by atoms with Crippen LogP contribution in [0.2, 0.25) is 0 Å². The minimum Gasteiger partial charge on any atom is -0.360 e. The summed E-state index contributed by atoms with van der Waals surface area (Å²) in [5, 5.41) is 0. The molecule has 102 valence electrons. The molecular weight excluding hydrogens is 228 g/mol. The Morgan fingerprint density at radius 3 is 2.67 bits per heavy atom. The van der Waals surface area contributed by atoms with Crippen LogP contribution in [0.25, 0.3) is 0 Å². The zero-order valence-electron chi connectivity index (χ0n) is 11.9.